The van der Waals surface area contributed by atoms with Crippen LogP contribution in [0.15, 0.2) is 46.5 Å². The van der Waals surface area contributed by atoms with E-state index < -0.39 is 0 Å². The van der Waals surface area contributed by atoms with Gasteiger partial charge in [0.05, 0.1) is 30.3 Å². The number of nitrogens with zero attached hydrogens (tertiary/aromatic N) is 6. The standard InChI is InChI=1S/C15H14N6/c1-10-7-13(19-21-9-11(2)17-15(10)21)12-3-5-20-6-4-16-8-14(20)18-12/h3-5,7-9H,6H2,1-2H3. The molecule has 0 saturated carbocycles. The highest BCUT2D eigenvalue weighted by molar-refractivity contribution is 6.08. The van der Waals surface area contributed by atoms with Gasteiger partial charge in [-0.25, -0.2) is 14.5 Å². The molecule has 2 aliphatic heterocycles. The number of aliphatic imine (C=N–C) groups is 2. The van der Waals surface area contributed by atoms with E-state index in [0.29, 0.717) is 0 Å². The van der Waals surface area contributed by atoms with Crippen LogP contribution in [-0.2, 0) is 0 Å². The SMILES string of the molecule is Cc1cn2nc(C3=NC4=CN=CCN4C=C3)cc(C)c2n1. The van der Waals surface area contributed by atoms with Crippen molar-refractivity contribution in [1.29, 1.82) is 0 Å². The highest BCUT2D eigenvalue weighted by Gasteiger charge is 2.16. The fourth-order valence-corrected chi connectivity index (χ4v) is 2.49. The van der Waals surface area contributed by atoms with Crippen molar-refractivity contribution in [2.75, 3.05) is 6.54 Å². The third-order valence-electron chi connectivity index (χ3n) is 3.51. The van der Waals surface area contributed by atoms with Crippen molar-refractivity contribution in [3.8, 4) is 0 Å². The molecule has 6 heteroatoms. The maximum Gasteiger partial charge on any atom is 0.156 e. The highest BCUT2D eigenvalue weighted by Crippen LogP contribution is 2.18. The molecule has 4 rings (SSSR count). The zero-order chi connectivity index (χ0) is 14.4. The van der Waals surface area contributed by atoms with Gasteiger partial charge in [0.1, 0.15) is 5.69 Å². The van der Waals surface area contributed by atoms with Crippen molar-refractivity contribution in [1.82, 2.24) is 19.5 Å². The summed E-state index contributed by atoms with van der Waals surface area (Å²) in [6, 6.07) is 2.02. The van der Waals surface area contributed by atoms with Crippen molar-refractivity contribution in [2.24, 2.45) is 9.98 Å². The zero-order valence-electron chi connectivity index (χ0n) is 11.9. The van der Waals surface area contributed by atoms with E-state index in [9.17, 15) is 0 Å². The smallest absolute Gasteiger partial charge is 0.156 e. The van der Waals surface area contributed by atoms with Crippen LogP contribution in [0, 0.1) is 13.8 Å². The van der Waals surface area contributed by atoms with Crippen LogP contribution in [0.2, 0.25) is 0 Å². The lowest BCUT2D eigenvalue weighted by molar-refractivity contribution is 0.516. The van der Waals surface area contributed by atoms with Gasteiger partial charge in [0.2, 0.25) is 0 Å². The topological polar surface area (TPSA) is 58.1 Å². The van der Waals surface area contributed by atoms with Crippen LogP contribution in [0.25, 0.3) is 5.65 Å². The Balaban J connectivity index is 1.83. The van der Waals surface area contributed by atoms with Gasteiger partial charge in [-0.05, 0) is 31.6 Å². The molecule has 2 aromatic rings. The summed E-state index contributed by atoms with van der Waals surface area (Å²) in [6.45, 7) is 4.76. The Morgan fingerprint density at radius 1 is 1.24 bits per heavy atom. The van der Waals surface area contributed by atoms with E-state index in [-0.39, 0.29) is 0 Å². The molecule has 21 heavy (non-hydrogen) atoms. The molecule has 0 atom stereocenters. The number of allylic oxidation sites excluding steroid dienone is 1. The second kappa shape index (κ2) is 4.37. The van der Waals surface area contributed by atoms with Gasteiger partial charge < -0.3 is 4.90 Å². The van der Waals surface area contributed by atoms with Crippen molar-refractivity contribution < 1.29 is 0 Å². The minimum atomic E-state index is 0.755. The molecule has 6 nitrogen and oxygen atoms in total. The number of aryl methyl sites for hydroxylation is 2. The third kappa shape index (κ3) is 1.96. The molecule has 0 bridgehead atoms. The fraction of sp³-hybridized carbons (Fsp3) is 0.200. The van der Waals surface area contributed by atoms with Crippen LogP contribution in [0.4, 0.5) is 0 Å². The zero-order valence-corrected chi connectivity index (χ0v) is 11.9. The van der Waals surface area contributed by atoms with Gasteiger partial charge in [-0.1, -0.05) is 0 Å². The van der Waals surface area contributed by atoms with Gasteiger partial charge in [0, 0.05) is 12.4 Å². The quantitative estimate of drug-likeness (QED) is 0.800. The molecule has 0 radical (unpaired) electrons. The molecule has 0 amide bonds. The van der Waals surface area contributed by atoms with E-state index >= 15 is 0 Å². The van der Waals surface area contributed by atoms with E-state index in [1.807, 2.05) is 54.0 Å². The summed E-state index contributed by atoms with van der Waals surface area (Å²) in [5.41, 5.74) is 4.61. The Labute approximate surface area is 121 Å². The second-order valence-corrected chi connectivity index (χ2v) is 5.15. The molecule has 0 N–H and O–H groups in total. The fourth-order valence-electron chi connectivity index (χ4n) is 2.49. The third-order valence-corrected chi connectivity index (χ3v) is 3.51. The first-order valence-corrected chi connectivity index (χ1v) is 6.80. The molecule has 2 aliphatic rings. The Kier molecular flexibility index (Phi) is 2.50. The molecule has 2 aromatic heterocycles. The Morgan fingerprint density at radius 2 is 2.14 bits per heavy atom. The predicted molar refractivity (Wildman–Crippen MR) is 81.4 cm³/mol. The first-order valence-electron chi connectivity index (χ1n) is 6.80. The second-order valence-electron chi connectivity index (χ2n) is 5.15. The van der Waals surface area contributed by atoms with Crippen LogP contribution >= 0.6 is 0 Å². The van der Waals surface area contributed by atoms with Crippen molar-refractivity contribution in [3.05, 3.63) is 53.5 Å². The summed E-state index contributed by atoms with van der Waals surface area (Å²) >= 11 is 0. The largest absolute Gasteiger partial charge is 0.326 e. The first kappa shape index (κ1) is 12.0. The molecule has 0 unspecified atom stereocenters. The van der Waals surface area contributed by atoms with E-state index in [1.165, 1.54) is 0 Å². The molecular formula is C15H14N6. The highest BCUT2D eigenvalue weighted by atomic mass is 15.3. The molecular weight excluding hydrogens is 264 g/mol. The molecule has 104 valence electrons. The number of rotatable bonds is 1. The normalized spacial score (nSPS) is 17.0. The van der Waals surface area contributed by atoms with Gasteiger partial charge in [0.25, 0.3) is 0 Å². The van der Waals surface area contributed by atoms with Crippen molar-refractivity contribution in [2.45, 2.75) is 13.8 Å². The van der Waals surface area contributed by atoms with E-state index in [1.54, 1.807) is 6.20 Å². The van der Waals surface area contributed by atoms with Crippen LogP contribution in [0.3, 0.4) is 0 Å². The Bertz CT molecular complexity index is 852. The van der Waals surface area contributed by atoms with Crippen LogP contribution in [0.5, 0.6) is 0 Å². The first-order chi connectivity index (χ1) is 10.2. The minimum absolute atomic E-state index is 0.755. The van der Waals surface area contributed by atoms with Gasteiger partial charge in [-0.2, -0.15) is 5.10 Å². The number of hydrogen-bond donors (Lipinski definition) is 0. The Hall–Kier alpha value is -2.76. The summed E-state index contributed by atoms with van der Waals surface area (Å²) in [6.07, 6.45) is 9.54. The molecule has 0 aliphatic carbocycles. The van der Waals surface area contributed by atoms with Gasteiger partial charge >= 0.3 is 0 Å². The van der Waals surface area contributed by atoms with Crippen LogP contribution in [0.1, 0.15) is 17.0 Å². The lowest BCUT2D eigenvalue weighted by Crippen LogP contribution is -2.24. The van der Waals surface area contributed by atoms with Gasteiger partial charge in [0.15, 0.2) is 11.5 Å². The van der Waals surface area contributed by atoms with Crippen molar-refractivity contribution >= 4 is 17.6 Å². The van der Waals surface area contributed by atoms with E-state index in [4.69, 9.17) is 0 Å². The molecule has 0 spiro atoms. The maximum atomic E-state index is 4.64. The Morgan fingerprint density at radius 3 is 3.05 bits per heavy atom. The van der Waals surface area contributed by atoms with E-state index in [0.717, 1.165) is 40.7 Å². The summed E-state index contributed by atoms with van der Waals surface area (Å²) in [4.78, 5) is 15.3. The van der Waals surface area contributed by atoms with Gasteiger partial charge in [-0.15, -0.1) is 0 Å². The lowest BCUT2D eigenvalue weighted by atomic mass is 10.2. The van der Waals surface area contributed by atoms with Crippen LogP contribution < -0.4 is 0 Å². The molecule has 0 saturated heterocycles. The number of aromatic nitrogens is 3. The number of hydrogen-bond acceptors (Lipinski definition) is 5. The summed E-state index contributed by atoms with van der Waals surface area (Å²) < 4.78 is 1.82. The monoisotopic (exact) mass is 278 g/mol. The molecule has 0 aromatic carbocycles. The summed E-state index contributed by atoms with van der Waals surface area (Å²) in [5.74, 6) is 0.844. The molecule has 4 heterocycles. The average Bonchev–Trinajstić information content (AvgIpc) is 2.88. The number of fused-ring (bicyclic) bond motifs is 2. The summed E-state index contributed by atoms with van der Waals surface area (Å²) in [7, 11) is 0. The van der Waals surface area contributed by atoms with Crippen LogP contribution in [-0.4, -0.2) is 38.0 Å². The number of imidazole rings is 1. The maximum absolute atomic E-state index is 4.64. The van der Waals surface area contributed by atoms with Crippen molar-refractivity contribution in [3.63, 3.8) is 0 Å². The van der Waals surface area contributed by atoms with E-state index in [2.05, 4.69) is 20.1 Å². The summed E-state index contributed by atoms with van der Waals surface area (Å²) in [5, 5.41) is 4.61. The lowest BCUT2D eigenvalue weighted by Gasteiger charge is -2.24. The predicted octanol–water partition coefficient (Wildman–Crippen LogP) is 1.85. The average molecular weight is 278 g/mol. The minimum Gasteiger partial charge on any atom is -0.326 e. The molecule has 0 fully saturated rings. The van der Waals surface area contributed by atoms with Gasteiger partial charge in [-0.3, -0.25) is 4.99 Å².